The Morgan fingerprint density at radius 3 is 2.36 bits per heavy atom. The number of hydrogen-bond acceptors (Lipinski definition) is 3. The maximum absolute atomic E-state index is 9.31. The van der Waals surface area contributed by atoms with Crippen LogP contribution in [0.4, 0.5) is 0 Å². The van der Waals surface area contributed by atoms with Gasteiger partial charge < -0.3 is 5.11 Å². The summed E-state index contributed by atoms with van der Waals surface area (Å²) in [5, 5.41) is 10.3. The van der Waals surface area contributed by atoms with Crippen LogP contribution < -0.4 is 5.84 Å². The van der Waals surface area contributed by atoms with Crippen molar-refractivity contribution in [2.24, 2.45) is 11.3 Å². The van der Waals surface area contributed by atoms with Crippen molar-refractivity contribution >= 4 is 0 Å². The summed E-state index contributed by atoms with van der Waals surface area (Å²) in [6, 6.07) is 2.15. The molecule has 0 radical (unpaired) electrons. The second kappa shape index (κ2) is 3.61. The van der Waals surface area contributed by atoms with Crippen LogP contribution in [0.1, 0.15) is 27.2 Å². The predicted molar refractivity (Wildman–Crippen MR) is 44.9 cm³/mol. The van der Waals surface area contributed by atoms with Gasteiger partial charge in [0.15, 0.2) is 0 Å². The number of aliphatic hydroxyl groups is 1. The largest absolute Gasteiger partial charge is 0.372 e. The van der Waals surface area contributed by atoms with Crippen LogP contribution in [0.3, 0.4) is 0 Å². The summed E-state index contributed by atoms with van der Waals surface area (Å²) < 4.78 is 0. The quantitative estimate of drug-likeness (QED) is 0.201. The van der Waals surface area contributed by atoms with E-state index < -0.39 is 6.23 Å². The Kier molecular flexibility index (Phi) is 3.37. The molecule has 1 unspecified atom stereocenters. The van der Waals surface area contributed by atoms with E-state index in [0.29, 0.717) is 6.42 Å². The highest BCUT2D eigenvalue weighted by Gasteiger charge is 2.18. The molecular weight excluding hydrogens is 140 g/mol. The van der Waals surface area contributed by atoms with E-state index in [-0.39, 0.29) is 5.41 Å². The van der Waals surface area contributed by atoms with E-state index in [0.717, 1.165) is 5.01 Å². The molecule has 3 heteroatoms. The topological polar surface area (TPSA) is 49.5 Å². The zero-order valence-electron chi connectivity index (χ0n) is 7.33. The fraction of sp³-hybridized carbons (Fsp3) is 0.750. The van der Waals surface area contributed by atoms with Gasteiger partial charge in [-0.3, -0.25) is 0 Å². The second-order valence-corrected chi connectivity index (χ2v) is 3.78. The van der Waals surface area contributed by atoms with Crippen LogP contribution in [0.5, 0.6) is 0 Å². The van der Waals surface area contributed by atoms with Crippen molar-refractivity contribution in [2.45, 2.75) is 33.4 Å². The molecule has 0 aliphatic heterocycles. The van der Waals surface area contributed by atoms with Crippen molar-refractivity contribution in [1.82, 2.24) is 5.01 Å². The third-order valence-electron chi connectivity index (χ3n) is 1.27. The minimum Gasteiger partial charge on any atom is -0.372 e. The van der Waals surface area contributed by atoms with E-state index in [1.165, 1.54) is 0 Å². The van der Waals surface area contributed by atoms with Gasteiger partial charge in [-0.15, -0.1) is 0 Å². The smallest absolute Gasteiger partial charge is 0.149 e. The highest BCUT2D eigenvalue weighted by Crippen LogP contribution is 2.20. The Balaban J connectivity index is 3.90. The first kappa shape index (κ1) is 10.3. The van der Waals surface area contributed by atoms with E-state index >= 15 is 0 Å². The van der Waals surface area contributed by atoms with E-state index in [1.54, 1.807) is 0 Å². The van der Waals surface area contributed by atoms with Crippen LogP contribution in [0.15, 0.2) is 0 Å². The van der Waals surface area contributed by atoms with Crippen LogP contribution in [-0.4, -0.2) is 16.3 Å². The molecule has 1 atom stereocenters. The lowest BCUT2D eigenvalue weighted by Gasteiger charge is -2.25. The molecule has 0 fully saturated rings. The SMILES string of the molecule is C#CN(N)C(O)CC(C)(C)C. The monoisotopic (exact) mass is 156 g/mol. The summed E-state index contributed by atoms with van der Waals surface area (Å²) in [6.45, 7) is 6.04. The normalized spacial score (nSPS) is 13.8. The lowest BCUT2D eigenvalue weighted by molar-refractivity contribution is 0.0118. The van der Waals surface area contributed by atoms with Crippen LogP contribution in [0.25, 0.3) is 0 Å². The van der Waals surface area contributed by atoms with Crippen molar-refractivity contribution in [3.05, 3.63) is 0 Å². The molecule has 0 heterocycles. The zero-order chi connectivity index (χ0) is 9.07. The van der Waals surface area contributed by atoms with Gasteiger partial charge in [-0.05, 0) is 11.8 Å². The first-order chi connectivity index (χ1) is 4.87. The number of terminal acetylenes is 1. The van der Waals surface area contributed by atoms with Crippen molar-refractivity contribution < 1.29 is 5.11 Å². The molecule has 0 bridgehead atoms. The van der Waals surface area contributed by atoms with Gasteiger partial charge in [0.2, 0.25) is 0 Å². The van der Waals surface area contributed by atoms with Gasteiger partial charge in [-0.2, -0.15) is 0 Å². The number of aliphatic hydroxyl groups excluding tert-OH is 1. The summed E-state index contributed by atoms with van der Waals surface area (Å²) in [4.78, 5) is 0. The average molecular weight is 156 g/mol. The van der Waals surface area contributed by atoms with Gasteiger partial charge in [0.25, 0.3) is 0 Å². The molecule has 64 valence electrons. The average Bonchev–Trinajstić information content (AvgIpc) is 1.82. The molecule has 3 nitrogen and oxygen atoms in total. The van der Waals surface area contributed by atoms with Gasteiger partial charge in [-0.1, -0.05) is 27.2 Å². The number of hydrazine groups is 1. The Morgan fingerprint density at radius 2 is 2.09 bits per heavy atom. The zero-order valence-corrected chi connectivity index (χ0v) is 7.33. The molecule has 11 heavy (non-hydrogen) atoms. The maximum atomic E-state index is 9.31. The standard InChI is InChI=1S/C8H16N2O/c1-5-10(9)7(11)6-8(2,3)4/h1,7,11H,6,9H2,2-4H3. The van der Waals surface area contributed by atoms with Crippen molar-refractivity contribution in [3.8, 4) is 12.5 Å². The minimum absolute atomic E-state index is 0.0356. The molecule has 0 spiro atoms. The lowest BCUT2D eigenvalue weighted by Crippen LogP contribution is -2.39. The van der Waals surface area contributed by atoms with Crippen molar-refractivity contribution in [1.29, 1.82) is 0 Å². The van der Waals surface area contributed by atoms with E-state index in [4.69, 9.17) is 12.3 Å². The highest BCUT2D eigenvalue weighted by atomic mass is 16.3. The highest BCUT2D eigenvalue weighted by molar-refractivity contribution is 4.83. The molecule has 0 aromatic heterocycles. The molecular formula is C8H16N2O. The first-order valence-electron chi connectivity index (χ1n) is 3.55. The Hall–Kier alpha value is -0.720. The summed E-state index contributed by atoms with van der Waals surface area (Å²) in [5.74, 6) is 5.27. The summed E-state index contributed by atoms with van der Waals surface area (Å²) in [5.41, 5.74) is 0.0356. The number of nitrogens with zero attached hydrogens (tertiary/aromatic N) is 1. The molecule has 0 aromatic rings. The Bertz CT molecular complexity index is 154. The summed E-state index contributed by atoms with van der Waals surface area (Å²) in [7, 11) is 0. The molecule has 0 aliphatic carbocycles. The number of nitrogens with two attached hydrogens (primary N) is 1. The first-order valence-corrected chi connectivity index (χ1v) is 3.55. The van der Waals surface area contributed by atoms with Crippen molar-refractivity contribution in [3.63, 3.8) is 0 Å². The third-order valence-corrected chi connectivity index (χ3v) is 1.27. The molecule has 0 amide bonds. The Labute approximate surface area is 68.2 Å². The second-order valence-electron chi connectivity index (χ2n) is 3.78. The van der Waals surface area contributed by atoms with Gasteiger partial charge in [0, 0.05) is 6.04 Å². The third kappa shape index (κ3) is 4.65. The van der Waals surface area contributed by atoms with Crippen LogP contribution in [-0.2, 0) is 0 Å². The van der Waals surface area contributed by atoms with E-state index in [9.17, 15) is 5.11 Å². The van der Waals surface area contributed by atoms with Gasteiger partial charge in [0.05, 0.1) is 0 Å². The molecule has 0 saturated carbocycles. The Morgan fingerprint density at radius 1 is 1.64 bits per heavy atom. The summed E-state index contributed by atoms with van der Waals surface area (Å²) in [6.07, 6.45) is 4.80. The summed E-state index contributed by atoms with van der Waals surface area (Å²) >= 11 is 0. The molecule has 0 aliphatic rings. The van der Waals surface area contributed by atoms with Crippen LogP contribution >= 0.6 is 0 Å². The predicted octanol–water partition coefficient (Wildman–Crippen LogP) is 0.507. The molecule has 0 saturated heterocycles. The lowest BCUT2D eigenvalue weighted by atomic mass is 9.91. The van der Waals surface area contributed by atoms with Crippen LogP contribution in [0.2, 0.25) is 0 Å². The maximum Gasteiger partial charge on any atom is 0.149 e. The van der Waals surface area contributed by atoms with Gasteiger partial charge in [-0.25, -0.2) is 10.9 Å². The van der Waals surface area contributed by atoms with Crippen molar-refractivity contribution in [2.75, 3.05) is 0 Å². The van der Waals surface area contributed by atoms with Crippen LogP contribution in [0, 0.1) is 17.9 Å². The van der Waals surface area contributed by atoms with E-state index in [2.05, 4.69) is 6.04 Å². The molecule has 0 rings (SSSR count). The molecule has 3 N–H and O–H groups in total. The minimum atomic E-state index is -0.750. The fourth-order valence-electron chi connectivity index (χ4n) is 0.732. The number of rotatable bonds is 2. The van der Waals surface area contributed by atoms with E-state index in [1.807, 2.05) is 20.8 Å². The number of hydrogen-bond donors (Lipinski definition) is 2. The van der Waals surface area contributed by atoms with Gasteiger partial charge >= 0.3 is 0 Å². The van der Waals surface area contributed by atoms with Gasteiger partial charge in [0.1, 0.15) is 6.23 Å². The molecule has 0 aromatic carbocycles. The fourth-order valence-corrected chi connectivity index (χ4v) is 0.732.